The van der Waals surface area contributed by atoms with E-state index in [1.165, 1.54) is 6.21 Å². The van der Waals surface area contributed by atoms with Crippen LogP contribution in [0.4, 0.5) is 0 Å². The van der Waals surface area contributed by atoms with E-state index in [0.717, 1.165) is 16.3 Å². The van der Waals surface area contributed by atoms with Crippen LogP contribution in [0.3, 0.4) is 0 Å². The van der Waals surface area contributed by atoms with Gasteiger partial charge in [-0.1, -0.05) is 24.3 Å². The molecule has 27 heavy (non-hydrogen) atoms. The molecule has 0 unspecified atom stereocenters. The highest BCUT2D eigenvalue weighted by atomic mass is 16.5. The first kappa shape index (κ1) is 18.3. The minimum Gasteiger partial charge on any atom is -0.507 e. The molecule has 6 nitrogen and oxygen atoms in total. The Balaban J connectivity index is 1.74. The second kappa shape index (κ2) is 8.23. The first-order valence-electron chi connectivity index (χ1n) is 8.48. The predicted molar refractivity (Wildman–Crippen MR) is 105 cm³/mol. The number of carbonyl (C=O) groups is 1. The minimum absolute atomic E-state index is 0.0934. The summed E-state index contributed by atoms with van der Waals surface area (Å²) in [6, 6.07) is 16.0. The Morgan fingerprint density at radius 2 is 1.85 bits per heavy atom. The van der Waals surface area contributed by atoms with E-state index < -0.39 is 5.91 Å². The average molecular weight is 364 g/mol. The third-order valence-electron chi connectivity index (χ3n) is 3.98. The topological polar surface area (TPSA) is 80.2 Å². The number of methoxy groups -OCH3 is 1. The summed E-state index contributed by atoms with van der Waals surface area (Å²) in [5, 5.41) is 15.8. The Bertz CT molecular complexity index is 999. The van der Waals surface area contributed by atoms with Crippen LogP contribution >= 0.6 is 0 Å². The Morgan fingerprint density at radius 3 is 2.56 bits per heavy atom. The van der Waals surface area contributed by atoms with Crippen molar-refractivity contribution in [1.29, 1.82) is 0 Å². The van der Waals surface area contributed by atoms with Gasteiger partial charge in [-0.05, 0) is 53.6 Å². The molecule has 1 amide bonds. The van der Waals surface area contributed by atoms with Crippen molar-refractivity contribution >= 4 is 22.9 Å². The lowest BCUT2D eigenvalue weighted by molar-refractivity contribution is 0.0952. The first-order valence-corrected chi connectivity index (χ1v) is 8.48. The maximum absolute atomic E-state index is 12.3. The molecule has 0 radical (unpaired) electrons. The number of nitrogens with one attached hydrogen (secondary N) is 1. The zero-order valence-corrected chi connectivity index (χ0v) is 15.1. The van der Waals surface area contributed by atoms with Gasteiger partial charge in [0.05, 0.1) is 25.5 Å². The Labute approximate surface area is 157 Å². The monoisotopic (exact) mass is 364 g/mol. The molecule has 0 atom stereocenters. The van der Waals surface area contributed by atoms with Crippen LogP contribution in [0.2, 0.25) is 0 Å². The number of amides is 1. The van der Waals surface area contributed by atoms with Gasteiger partial charge >= 0.3 is 0 Å². The van der Waals surface area contributed by atoms with Gasteiger partial charge < -0.3 is 14.6 Å². The second-order valence-corrected chi connectivity index (χ2v) is 5.76. The predicted octanol–water partition coefficient (Wildman–Crippen LogP) is 3.72. The molecular weight excluding hydrogens is 344 g/mol. The van der Waals surface area contributed by atoms with Crippen molar-refractivity contribution in [3.05, 3.63) is 65.7 Å². The number of hydrogen-bond donors (Lipinski definition) is 2. The molecule has 0 aliphatic rings. The molecule has 138 valence electrons. The van der Waals surface area contributed by atoms with Gasteiger partial charge in [0, 0.05) is 0 Å². The molecule has 0 fully saturated rings. The smallest absolute Gasteiger partial charge is 0.275 e. The van der Waals surface area contributed by atoms with Crippen LogP contribution in [0.5, 0.6) is 17.2 Å². The van der Waals surface area contributed by atoms with Crippen molar-refractivity contribution in [2.75, 3.05) is 13.7 Å². The van der Waals surface area contributed by atoms with Crippen molar-refractivity contribution in [2.45, 2.75) is 6.92 Å². The highest BCUT2D eigenvalue weighted by molar-refractivity contribution is 6.01. The minimum atomic E-state index is -0.493. The number of carbonyl (C=O) groups excluding carboxylic acids is 1. The van der Waals surface area contributed by atoms with Crippen molar-refractivity contribution in [2.24, 2.45) is 5.10 Å². The number of phenols is 1. The molecule has 0 aliphatic carbocycles. The molecule has 3 rings (SSSR count). The van der Waals surface area contributed by atoms with E-state index in [2.05, 4.69) is 10.5 Å². The third-order valence-corrected chi connectivity index (χ3v) is 3.98. The van der Waals surface area contributed by atoms with Gasteiger partial charge in [0.1, 0.15) is 5.75 Å². The first-order chi connectivity index (χ1) is 13.1. The zero-order chi connectivity index (χ0) is 19.2. The maximum Gasteiger partial charge on any atom is 0.275 e. The summed E-state index contributed by atoms with van der Waals surface area (Å²) in [6.07, 6.45) is 1.49. The lowest BCUT2D eigenvalue weighted by Gasteiger charge is -2.09. The van der Waals surface area contributed by atoms with E-state index in [1.54, 1.807) is 37.4 Å². The molecule has 0 spiro atoms. The Kier molecular flexibility index (Phi) is 5.56. The van der Waals surface area contributed by atoms with Crippen LogP contribution in [0.25, 0.3) is 10.8 Å². The van der Waals surface area contributed by atoms with E-state index >= 15 is 0 Å². The standard InChI is InChI=1S/C21H20N2O4/c1-3-27-19-9-8-14(10-20(19)26-2)13-22-23-21(25)17-11-15-6-4-5-7-16(15)12-18(17)24/h4-13,24H,3H2,1-2H3,(H,23,25). The SMILES string of the molecule is CCOc1ccc(C=NNC(=O)c2cc3ccccc3cc2O)cc1OC. The lowest BCUT2D eigenvalue weighted by atomic mass is 10.1. The number of rotatable bonds is 6. The van der Waals surface area contributed by atoms with Crippen molar-refractivity contribution in [3.8, 4) is 17.2 Å². The Hall–Kier alpha value is -3.54. The summed E-state index contributed by atoms with van der Waals surface area (Å²) in [6.45, 7) is 2.43. The number of ether oxygens (including phenoxy) is 2. The van der Waals surface area contributed by atoms with Crippen LogP contribution in [-0.4, -0.2) is 30.9 Å². The molecule has 0 saturated heterocycles. The van der Waals surface area contributed by atoms with Crippen molar-refractivity contribution in [1.82, 2.24) is 5.43 Å². The molecule has 0 heterocycles. The molecule has 3 aromatic carbocycles. The molecule has 0 aliphatic heterocycles. The van der Waals surface area contributed by atoms with Gasteiger partial charge in [-0.25, -0.2) is 5.43 Å². The largest absolute Gasteiger partial charge is 0.507 e. The van der Waals surface area contributed by atoms with Crippen molar-refractivity contribution in [3.63, 3.8) is 0 Å². The second-order valence-electron chi connectivity index (χ2n) is 5.76. The maximum atomic E-state index is 12.3. The van der Waals surface area contributed by atoms with Gasteiger partial charge in [-0.3, -0.25) is 4.79 Å². The summed E-state index contributed by atoms with van der Waals surface area (Å²) < 4.78 is 10.7. The van der Waals surface area contributed by atoms with Crippen molar-refractivity contribution < 1.29 is 19.4 Å². The molecule has 0 bridgehead atoms. The molecule has 2 N–H and O–H groups in total. The van der Waals surface area contributed by atoms with Crippen LogP contribution < -0.4 is 14.9 Å². The lowest BCUT2D eigenvalue weighted by Crippen LogP contribution is -2.17. The molecule has 3 aromatic rings. The molecule has 6 heteroatoms. The normalized spacial score (nSPS) is 10.9. The van der Waals surface area contributed by atoms with E-state index in [1.807, 2.05) is 31.2 Å². The number of nitrogens with zero attached hydrogens (tertiary/aromatic N) is 1. The number of aromatic hydroxyl groups is 1. The molecule has 0 saturated carbocycles. The summed E-state index contributed by atoms with van der Waals surface area (Å²) in [5.41, 5.74) is 3.33. The van der Waals surface area contributed by atoms with E-state index in [4.69, 9.17) is 9.47 Å². The van der Waals surface area contributed by atoms with Crippen LogP contribution in [0.1, 0.15) is 22.8 Å². The zero-order valence-electron chi connectivity index (χ0n) is 15.1. The van der Waals surface area contributed by atoms with Crippen LogP contribution in [0.15, 0.2) is 59.7 Å². The summed E-state index contributed by atoms with van der Waals surface area (Å²) in [7, 11) is 1.56. The third kappa shape index (κ3) is 4.17. The van der Waals surface area contributed by atoms with Gasteiger partial charge in [-0.2, -0.15) is 5.10 Å². The van der Waals surface area contributed by atoms with Gasteiger partial charge in [-0.15, -0.1) is 0 Å². The average Bonchev–Trinajstić information content (AvgIpc) is 2.68. The summed E-state index contributed by atoms with van der Waals surface area (Å²) >= 11 is 0. The molecule has 0 aromatic heterocycles. The van der Waals surface area contributed by atoms with Gasteiger partial charge in [0.25, 0.3) is 5.91 Å². The van der Waals surface area contributed by atoms with E-state index in [-0.39, 0.29) is 11.3 Å². The van der Waals surface area contributed by atoms with Gasteiger partial charge in [0.15, 0.2) is 11.5 Å². The number of hydrogen-bond acceptors (Lipinski definition) is 5. The van der Waals surface area contributed by atoms with Crippen LogP contribution in [0, 0.1) is 0 Å². The summed E-state index contributed by atoms with van der Waals surface area (Å²) in [5.74, 6) is 0.637. The quantitative estimate of drug-likeness (QED) is 0.516. The fourth-order valence-corrected chi connectivity index (χ4v) is 2.68. The number of phenolic OH excluding ortho intramolecular Hbond substituents is 1. The van der Waals surface area contributed by atoms with Crippen LogP contribution in [-0.2, 0) is 0 Å². The highest BCUT2D eigenvalue weighted by Crippen LogP contribution is 2.27. The fraction of sp³-hybridized carbons (Fsp3) is 0.143. The molecular formula is C21H20N2O4. The highest BCUT2D eigenvalue weighted by Gasteiger charge is 2.12. The number of benzene rings is 3. The summed E-state index contributed by atoms with van der Waals surface area (Å²) in [4.78, 5) is 12.3. The Morgan fingerprint density at radius 1 is 1.11 bits per heavy atom. The van der Waals surface area contributed by atoms with Gasteiger partial charge in [0.2, 0.25) is 0 Å². The number of hydrazone groups is 1. The van der Waals surface area contributed by atoms with E-state index in [9.17, 15) is 9.90 Å². The number of fused-ring (bicyclic) bond motifs is 1. The fourth-order valence-electron chi connectivity index (χ4n) is 2.68. The van der Waals surface area contributed by atoms with E-state index in [0.29, 0.717) is 18.1 Å².